The molecule has 0 fully saturated rings. The molecule has 108 valence electrons. The van der Waals surface area contributed by atoms with Gasteiger partial charge in [0.05, 0.1) is 6.04 Å². The molecule has 2 nitrogen and oxygen atoms in total. The summed E-state index contributed by atoms with van der Waals surface area (Å²) in [6, 6.07) is 11.1. The highest BCUT2D eigenvalue weighted by atomic mass is 32.1. The second kappa shape index (κ2) is 6.37. The summed E-state index contributed by atoms with van der Waals surface area (Å²) in [4.78, 5) is 5.74. The smallest absolute Gasteiger partial charge is 0.0680 e. The van der Waals surface area contributed by atoms with Crippen molar-refractivity contribution in [3.63, 3.8) is 0 Å². The predicted octanol–water partition coefficient (Wildman–Crippen LogP) is 4.56. The molecular formula is C18H20N2S. The van der Waals surface area contributed by atoms with Crippen LogP contribution in [-0.4, -0.2) is 11.5 Å². The van der Waals surface area contributed by atoms with Gasteiger partial charge in [0.2, 0.25) is 0 Å². The molecule has 3 aromatic rings. The van der Waals surface area contributed by atoms with Gasteiger partial charge >= 0.3 is 0 Å². The molecule has 0 saturated heterocycles. The molecule has 0 aliphatic rings. The Morgan fingerprint density at radius 1 is 1.19 bits per heavy atom. The van der Waals surface area contributed by atoms with Crippen LogP contribution in [0.3, 0.4) is 0 Å². The van der Waals surface area contributed by atoms with Gasteiger partial charge in [-0.3, -0.25) is 4.98 Å². The number of thiophene rings is 1. The average Bonchev–Trinajstić information content (AvgIpc) is 3.00. The van der Waals surface area contributed by atoms with E-state index in [1.807, 2.05) is 23.7 Å². The molecule has 0 amide bonds. The lowest BCUT2D eigenvalue weighted by atomic mass is 9.97. The SMILES string of the molecule is CCNC(c1sccc1CC)c1cccc2ccncc12. The van der Waals surface area contributed by atoms with Crippen molar-refractivity contribution >= 4 is 22.1 Å². The Labute approximate surface area is 129 Å². The van der Waals surface area contributed by atoms with E-state index in [-0.39, 0.29) is 6.04 Å². The second-order valence-electron chi connectivity index (χ2n) is 5.10. The van der Waals surface area contributed by atoms with Crippen LogP contribution < -0.4 is 5.32 Å². The molecule has 0 bridgehead atoms. The highest BCUT2D eigenvalue weighted by Crippen LogP contribution is 2.33. The summed E-state index contributed by atoms with van der Waals surface area (Å²) in [5.41, 5.74) is 2.76. The van der Waals surface area contributed by atoms with Crippen molar-refractivity contribution in [3.8, 4) is 0 Å². The number of hydrogen-bond acceptors (Lipinski definition) is 3. The summed E-state index contributed by atoms with van der Waals surface area (Å²) in [5.74, 6) is 0. The van der Waals surface area contributed by atoms with Crippen molar-refractivity contribution in [1.29, 1.82) is 0 Å². The standard InChI is InChI=1S/C18H20N2S/c1-3-13-9-11-21-18(13)17(20-4-2)15-7-5-6-14-8-10-19-12-16(14)15/h5-12,17,20H,3-4H2,1-2H3. The molecule has 1 N–H and O–H groups in total. The van der Waals surface area contributed by atoms with E-state index in [9.17, 15) is 0 Å². The van der Waals surface area contributed by atoms with Gasteiger partial charge in [-0.2, -0.15) is 0 Å². The average molecular weight is 296 g/mol. The van der Waals surface area contributed by atoms with Crippen LogP contribution in [0.1, 0.15) is 35.9 Å². The highest BCUT2D eigenvalue weighted by molar-refractivity contribution is 7.10. The molecule has 2 heterocycles. The van der Waals surface area contributed by atoms with Gasteiger partial charge in [-0.15, -0.1) is 11.3 Å². The topological polar surface area (TPSA) is 24.9 Å². The van der Waals surface area contributed by atoms with E-state index >= 15 is 0 Å². The normalized spacial score (nSPS) is 12.7. The van der Waals surface area contributed by atoms with Crippen molar-refractivity contribution in [2.75, 3.05) is 6.54 Å². The molecule has 1 unspecified atom stereocenters. The number of fused-ring (bicyclic) bond motifs is 1. The first kappa shape index (κ1) is 14.2. The van der Waals surface area contributed by atoms with Crippen LogP contribution in [0.4, 0.5) is 0 Å². The van der Waals surface area contributed by atoms with E-state index in [1.54, 1.807) is 0 Å². The largest absolute Gasteiger partial charge is 0.306 e. The van der Waals surface area contributed by atoms with Gasteiger partial charge in [0.15, 0.2) is 0 Å². The lowest BCUT2D eigenvalue weighted by Crippen LogP contribution is -2.22. The molecule has 1 aromatic carbocycles. The zero-order chi connectivity index (χ0) is 14.7. The summed E-state index contributed by atoms with van der Waals surface area (Å²) < 4.78 is 0. The van der Waals surface area contributed by atoms with Crippen LogP contribution >= 0.6 is 11.3 Å². The van der Waals surface area contributed by atoms with Gasteiger partial charge in [0.25, 0.3) is 0 Å². The Morgan fingerprint density at radius 3 is 2.90 bits per heavy atom. The Balaban J connectivity index is 2.16. The van der Waals surface area contributed by atoms with Gasteiger partial charge < -0.3 is 5.32 Å². The van der Waals surface area contributed by atoms with E-state index in [0.29, 0.717) is 0 Å². The van der Waals surface area contributed by atoms with Crippen molar-refractivity contribution in [2.24, 2.45) is 0 Å². The fourth-order valence-corrected chi connectivity index (χ4v) is 3.92. The third-order valence-electron chi connectivity index (χ3n) is 3.86. The van der Waals surface area contributed by atoms with Crippen LogP contribution in [-0.2, 0) is 6.42 Å². The Kier molecular flexibility index (Phi) is 4.32. The van der Waals surface area contributed by atoms with Crippen LogP contribution in [0.25, 0.3) is 10.8 Å². The summed E-state index contributed by atoms with van der Waals surface area (Å²) in [6.07, 6.45) is 4.91. The van der Waals surface area contributed by atoms with Gasteiger partial charge in [0, 0.05) is 22.7 Å². The maximum Gasteiger partial charge on any atom is 0.0680 e. The lowest BCUT2D eigenvalue weighted by Gasteiger charge is -2.20. The van der Waals surface area contributed by atoms with Gasteiger partial charge in [-0.05, 0) is 47.0 Å². The van der Waals surface area contributed by atoms with Gasteiger partial charge in [-0.25, -0.2) is 0 Å². The second-order valence-corrected chi connectivity index (χ2v) is 6.05. The highest BCUT2D eigenvalue weighted by Gasteiger charge is 2.19. The number of hydrogen-bond donors (Lipinski definition) is 1. The van der Waals surface area contributed by atoms with E-state index in [1.165, 1.54) is 26.8 Å². The molecule has 0 radical (unpaired) electrons. The quantitative estimate of drug-likeness (QED) is 0.746. The molecule has 3 rings (SSSR count). The van der Waals surface area contributed by atoms with Crippen LogP contribution in [0.2, 0.25) is 0 Å². The number of pyridine rings is 1. The van der Waals surface area contributed by atoms with Crippen molar-refractivity contribution in [2.45, 2.75) is 26.3 Å². The third-order valence-corrected chi connectivity index (χ3v) is 4.88. The number of aromatic nitrogens is 1. The zero-order valence-electron chi connectivity index (χ0n) is 12.5. The number of aryl methyl sites for hydroxylation is 1. The fraction of sp³-hybridized carbons (Fsp3) is 0.278. The summed E-state index contributed by atoms with van der Waals surface area (Å²) in [5, 5.41) is 8.33. The molecule has 0 spiro atoms. The number of nitrogens with zero attached hydrogens (tertiary/aromatic N) is 1. The van der Waals surface area contributed by atoms with Gasteiger partial charge in [-0.1, -0.05) is 32.0 Å². The molecule has 21 heavy (non-hydrogen) atoms. The Bertz CT molecular complexity index is 727. The van der Waals surface area contributed by atoms with E-state index in [0.717, 1.165) is 13.0 Å². The molecule has 3 heteroatoms. The lowest BCUT2D eigenvalue weighted by molar-refractivity contribution is 0.639. The number of rotatable bonds is 5. The van der Waals surface area contributed by atoms with E-state index < -0.39 is 0 Å². The minimum Gasteiger partial charge on any atom is -0.306 e. The van der Waals surface area contributed by atoms with Gasteiger partial charge in [0.1, 0.15) is 0 Å². The first-order valence-corrected chi connectivity index (χ1v) is 8.35. The Hall–Kier alpha value is -1.71. The predicted molar refractivity (Wildman–Crippen MR) is 91.0 cm³/mol. The first-order chi connectivity index (χ1) is 10.3. The zero-order valence-corrected chi connectivity index (χ0v) is 13.3. The minimum atomic E-state index is 0.248. The molecule has 2 aromatic heterocycles. The molecule has 0 aliphatic carbocycles. The molecule has 0 aliphatic heterocycles. The van der Waals surface area contributed by atoms with E-state index in [4.69, 9.17) is 0 Å². The minimum absolute atomic E-state index is 0.248. The molecular weight excluding hydrogens is 276 g/mol. The summed E-state index contributed by atoms with van der Waals surface area (Å²) in [6.45, 7) is 5.33. The first-order valence-electron chi connectivity index (χ1n) is 7.47. The van der Waals surface area contributed by atoms with Crippen molar-refractivity contribution < 1.29 is 0 Å². The van der Waals surface area contributed by atoms with Crippen molar-refractivity contribution in [3.05, 3.63) is 64.1 Å². The van der Waals surface area contributed by atoms with Crippen molar-refractivity contribution in [1.82, 2.24) is 10.3 Å². The maximum atomic E-state index is 4.32. The van der Waals surface area contributed by atoms with E-state index in [2.05, 4.69) is 59.9 Å². The molecule has 0 saturated carbocycles. The summed E-state index contributed by atoms with van der Waals surface area (Å²) in [7, 11) is 0. The molecule has 1 atom stereocenters. The Morgan fingerprint density at radius 2 is 2.10 bits per heavy atom. The third kappa shape index (κ3) is 2.71. The number of nitrogens with one attached hydrogen (secondary N) is 1. The number of benzene rings is 1. The fourth-order valence-electron chi connectivity index (χ4n) is 2.83. The summed E-state index contributed by atoms with van der Waals surface area (Å²) >= 11 is 1.84. The monoisotopic (exact) mass is 296 g/mol. The van der Waals surface area contributed by atoms with Crippen LogP contribution in [0.15, 0.2) is 48.1 Å². The van der Waals surface area contributed by atoms with Crippen LogP contribution in [0.5, 0.6) is 0 Å². The maximum absolute atomic E-state index is 4.32. The van der Waals surface area contributed by atoms with Crippen LogP contribution in [0, 0.1) is 0 Å².